The Labute approximate surface area is 141 Å². The van der Waals surface area contributed by atoms with Crippen molar-refractivity contribution in [3.05, 3.63) is 75.7 Å². The van der Waals surface area contributed by atoms with E-state index in [1.54, 1.807) is 11.3 Å². The monoisotopic (exact) mass is 365 g/mol. The van der Waals surface area contributed by atoms with E-state index in [4.69, 9.17) is 4.98 Å². The van der Waals surface area contributed by atoms with Crippen molar-refractivity contribution < 1.29 is 0 Å². The molecule has 0 saturated carbocycles. The highest BCUT2D eigenvalue weighted by Crippen LogP contribution is 2.30. The molecular formula is C19H12BrNS. The van der Waals surface area contributed by atoms with Gasteiger partial charge in [-0.25, -0.2) is 4.98 Å². The molecule has 0 N–H and O–H groups in total. The zero-order valence-electron chi connectivity index (χ0n) is 11.7. The average Bonchev–Trinajstić information content (AvgIpc) is 2.98. The Morgan fingerprint density at radius 1 is 0.864 bits per heavy atom. The predicted octanol–water partition coefficient (Wildman–Crippen LogP) is 6.38. The van der Waals surface area contributed by atoms with Gasteiger partial charge in [-0.2, -0.15) is 0 Å². The van der Waals surface area contributed by atoms with Crippen LogP contribution >= 0.6 is 27.3 Å². The maximum absolute atomic E-state index is 4.80. The highest BCUT2D eigenvalue weighted by molar-refractivity contribution is 9.10. The first-order chi connectivity index (χ1) is 10.8. The van der Waals surface area contributed by atoms with Crippen molar-refractivity contribution in [3.8, 4) is 0 Å². The summed E-state index contributed by atoms with van der Waals surface area (Å²) in [6.45, 7) is 0. The van der Waals surface area contributed by atoms with Crippen LogP contribution in [-0.2, 0) is 0 Å². The number of fused-ring (bicyclic) bond motifs is 3. The fourth-order valence-corrected chi connectivity index (χ4v) is 3.64. The van der Waals surface area contributed by atoms with Gasteiger partial charge in [-0.3, -0.25) is 0 Å². The minimum atomic E-state index is 1.04. The molecule has 4 aromatic rings. The van der Waals surface area contributed by atoms with Gasteiger partial charge in [0.2, 0.25) is 0 Å². The molecular weight excluding hydrogens is 354 g/mol. The van der Waals surface area contributed by atoms with E-state index in [0.29, 0.717) is 0 Å². The molecule has 1 nitrogen and oxygen atoms in total. The van der Waals surface area contributed by atoms with Crippen LogP contribution in [0.4, 0.5) is 0 Å². The number of aromatic nitrogens is 1. The molecule has 22 heavy (non-hydrogen) atoms. The molecule has 0 bridgehead atoms. The topological polar surface area (TPSA) is 12.9 Å². The van der Waals surface area contributed by atoms with Crippen molar-refractivity contribution in [1.82, 2.24) is 4.98 Å². The second-order valence-corrected chi connectivity index (χ2v) is 7.05. The third kappa shape index (κ3) is 2.58. The Morgan fingerprint density at radius 3 is 2.55 bits per heavy atom. The molecule has 0 aliphatic carbocycles. The van der Waals surface area contributed by atoms with Crippen LogP contribution < -0.4 is 0 Å². The first-order valence-electron chi connectivity index (χ1n) is 7.01. The van der Waals surface area contributed by atoms with Gasteiger partial charge in [0.25, 0.3) is 0 Å². The highest BCUT2D eigenvalue weighted by Gasteiger charge is 2.05. The van der Waals surface area contributed by atoms with E-state index in [2.05, 4.69) is 76.6 Å². The van der Waals surface area contributed by atoms with Crippen LogP contribution in [0.15, 0.2) is 65.1 Å². The third-order valence-corrected chi connectivity index (χ3v) is 5.10. The molecule has 0 atom stereocenters. The fraction of sp³-hybridized carbons (Fsp3) is 0. The molecule has 106 valence electrons. The van der Waals surface area contributed by atoms with Gasteiger partial charge in [-0.1, -0.05) is 64.5 Å². The van der Waals surface area contributed by atoms with Crippen LogP contribution in [0, 0.1) is 0 Å². The van der Waals surface area contributed by atoms with Crippen molar-refractivity contribution in [3.63, 3.8) is 0 Å². The van der Waals surface area contributed by atoms with Crippen LogP contribution in [0.2, 0.25) is 0 Å². The van der Waals surface area contributed by atoms with Crippen LogP contribution in [-0.4, -0.2) is 4.98 Å². The largest absolute Gasteiger partial charge is 0.236 e. The normalized spacial score (nSPS) is 11.7. The van der Waals surface area contributed by atoms with E-state index in [-0.39, 0.29) is 0 Å². The number of halogens is 1. The molecule has 0 fully saturated rings. The Hall–Kier alpha value is -1.97. The summed E-state index contributed by atoms with van der Waals surface area (Å²) in [6, 6.07) is 21.0. The molecule has 0 aliphatic rings. The van der Waals surface area contributed by atoms with E-state index in [0.717, 1.165) is 15.0 Å². The zero-order chi connectivity index (χ0) is 14.9. The summed E-state index contributed by atoms with van der Waals surface area (Å²) in [6.07, 6.45) is 4.19. The van der Waals surface area contributed by atoms with Gasteiger partial charge in [0.05, 0.1) is 10.2 Å². The van der Waals surface area contributed by atoms with E-state index in [9.17, 15) is 0 Å². The summed E-state index contributed by atoms with van der Waals surface area (Å²) in [5.41, 5.74) is 2.27. The molecule has 0 aliphatic heterocycles. The number of hydrogen-bond donors (Lipinski definition) is 0. The van der Waals surface area contributed by atoms with Gasteiger partial charge in [0.15, 0.2) is 0 Å². The Kier molecular flexibility index (Phi) is 3.53. The van der Waals surface area contributed by atoms with Gasteiger partial charge in [-0.05, 0) is 35.2 Å². The Balaban J connectivity index is 1.76. The van der Waals surface area contributed by atoms with Crippen molar-refractivity contribution >= 4 is 60.4 Å². The summed E-state index contributed by atoms with van der Waals surface area (Å²) in [5, 5.41) is 3.50. The molecule has 0 radical (unpaired) electrons. The van der Waals surface area contributed by atoms with Crippen LogP contribution in [0.5, 0.6) is 0 Å². The van der Waals surface area contributed by atoms with Crippen LogP contribution in [0.25, 0.3) is 33.1 Å². The molecule has 1 heterocycles. The number of nitrogens with zero attached hydrogens (tertiary/aromatic N) is 1. The second-order valence-electron chi connectivity index (χ2n) is 5.07. The maximum Gasteiger partial charge on any atom is 0.117 e. The number of rotatable bonds is 2. The van der Waals surface area contributed by atoms with Gasteiger partial charge in [0.1, 0.15) is 5.01 Å². The second kappa shape index (κ2) is 5.67. The first-order valence-corrected chi connectivity index (χ1v) is 8.62. The third-order valence-electron chi connectivity index (χ3n) is 3.59. The van der Waals surface area contributed by atoms with Crippen LogP contribution in [0.3, 0.4) is 0 Å². The van der Waals surface area contributed by atoms with Crippen LogP contribution in [0.1, 0.15) is 10.6 Å². The van der Waals surface area contributed by atoms with E-state index >= 15 is 0 Å². The zero-order valence-corrected chi connectivity index (χ0v) is 14.1. The molecule has 0 saturated heterocycles. The molecule has 0 unspecified atom stereocenters. The lowest BCUT2D eigenvalue weighted by Crippen LogP contribution is -1.75. The number of thiazole rings is 1. The molecule has 1 aromatic heterocycles. The summed E-state index contributed by atoms with van der Waals surface area (Å²) >= 11 is 5.18. The summed E-state index contributed by atoms with van der Waals surface area (Å²) in [4.78, 5) is 4.80. The number of benzene rings is 3. The fourth-order valence-electron chi connectivity index (χ4n) is 2.49. The minimum absolute atomic E-state index is 1.04. The van der Waals surface area contributed by atoms with Gasteiger partial charge in [0, 0.05) is 9.86 Å². The van der Waals surface area contributed by atoms with E-state index in [1.165, 1.54) is 21.0 Å². The summed E-state index contributed by atoms with van der Waals surface area (Å²) in [7, 11) is 0. The standard InChI is InChI=1S/C19H12BrNS/c20-15-9-5-13(6-10-15)7-12-18-21-19-16-4-2-1-3-14(16)8-11-17(19)22-18/h1-12H/b12-7+. The summed E-state index contributed by atoms with van der Waals surface area (Å²) < 4.78 is 2.32. The van der Waals surface area contributed by atoms with E-state index < -0.39 is 0 Å². The quantitative estimate of drug-likeness (QED) is 0.401. The highest BCUT2D eigenvalue weighted by atomic mass is 79.9. The van der Waals surface area contributed by atoms with Crippen molar-refractivity contribution in [2.45, 2.75) is 0 Å². The molecule has 0 amide bonds. The van der Waals surface area contributed by atoms with Gasteiger partial charge >= 0.3 is 0 Å². The lowest BCUT2D eigenvalue weighted by Gasteiger charge is -1.96. The Bertz CT molecular complexity index is 983. The van der Waals surface area contributed by atoms with Crippen molar-refractivity contribution in [2.75, 3.05) is 0 Å². The number of hydrogen-bond acceptors (Lipinski definition) is 2. The van der Waals surface area contributed by atoms with Gasteiger partial charge in [-0.15, -0.1) is 11.3 Å². The SMILES string of the molecule is Brc1ccc(/C=C/c2nc3c(ccc4ccccc43)s2)cc1. The molecule has 4 rings (SSSR count). The minimum Gasteiger partial charge on any atom is -0.236 e. The maximum atomic E-state index is 4.80. The molecule has 0 spiro atoms. The predicted molar refractivity (Wildman–Crippen MR) is 100 cm³/mol. The lowest BCUT2D eigenvalue weighted by atomic mass is 10.1. The van der Waals surface area contributed by atoms with Crippen molar-refractivity contribution in [1.29, 1.82) is 0 Å². The summed E-state index contributed by atoms with van der Waals surface area (Å²) in [5.74, 6) is 0. The first kappa shape index (κ1) is 13.7. The smallest absolute Gasteiger partial charge is 0.117 e. The lowest BCUT2D eigenvalue weighted by molar-refractivity contribution is 1.48. The molecule has 3 heteroatoms. The Morgan fingerprint density at radius 2 is 1.68 bits per heavy atom. The van der Waals surface area contributed by atoms with E-state index in [1.807, 2.05) is 12.1 Å². The molecule has 3 aromatic carbocycles. The average molecular weight is 366 g/mol. The van der Waals surface area contributed by atoms with Crippen molar-refractivity contribution in [2.24, 2.45) is 0 Å². The van der Waals surface area contributed by atoms with Gasteiger partial charge < -0.3 is 0 Å².